The maximum Gasteiger partial charge on any atom is 0.206 e. The van der Waals surface area contributed by atoms with Crippen molar-refractivity contribution in [2.75, 3.05) is 6.61 Å². The van der Waals surface area contributed by atoms with E-state index in [2.05, 4.69) is 0 Å². The number of rotatable bonds is 10. The molecule has 23 heavy (non-hydrogen) atoms. The van der Waals surface area contributed by atoms with E-state index in [1.165, 1.54) is 5.57 Å². The number of carbonyl (C=O) groups excluding carboxylic acids is 2. The smallest absolute Gasteiger partial charge is 0.206 e. The maximum atomic E-state index is 11.8. The summed E-state index contributed by atoms with van der Waals surface area (Å²) in [5.74, 6) is 2.10. The lowest BCUT2D eigenvalue weighted by atomic mass is 9.98. The predicted octanol–water partition coefficient (Wildman–Crippen LogP) is 4.47. The molecule has 2 rings (SSSR count). The summed E-state index contributed by atoms with van der Waals surface area (Å²) in [4.78, 5) is 22.8. The van der Waals surface area contributed by atoms with Crippen LogP contribution in [0.25, 0.3) is 0 Å². The Morgan fingerprint density at radius 2 is 2.04 bits per heavy atom. The molecule has 0 aliphatic heterocycles. The van der Waals surface area contributed by atoms with E-state index in [0.717, 1.165) is 29.9 Å². The number of benzene rings is 1. The summed E-state index contributed by atoms with van der Waals surface area (Å²) in [6, 6.07) is 5.46. The largest absolute Gasteiger partial charge is 0.482 e. The first-order valence-corrected chi connectivity index (χ1v) is 8.01. The van der Waals surface area contributed by atoms with Crippen LogP contribution in [-0.4, -0.2) is 18.7 Å². The van der Waals surface area contributed by atoms with Gasteiger partial charge in [0.05, 0.1) is 12.7 Å². The molecule has 0 radical (unpaired) electrons. The van der Waals surface area contributed by atoms with Gasteiger partial charge in [-0.2, -0.15) is 0 Å². The predicted molar refractivity (Wildman–Crippen MR) is 91.7 cm³/mol. The summed E-state index contributed by atoms with van der Waals surface area (Å²) in [6.45, 7) is 4.45. The summed E-state index contributed by atoms with van der Waals surface area (Å²) in [6.07, 6.45) is 9.66. The minimum Gasteiger partial charge on any atom is -0.482 e. The van der Waals surface area contributed by atoms with E-state index in [1.54, 1.807) is 12.1 Å². The van der Waals surface area contributed by atoms with Gasteiger partial charge in [0.15, 0.2) is 5.75 Å². The Labute approximate surface area is 138 Å². The van der Waals surface area contributed by atoms with Crippen molar-refractivity contribution in [1.82, 2.24) is 0 Å². The Morgan fingerprint density at radius 3 is 2.65 bits per heavy atom. The molecule has 1 aromatic carbocycles. The minimum atomic E-state index is 0.282. The third-order valence-electron chi connectivity index (χ3n) is 3.87. The molecule has 1 aliphatic rings. The van der Waals surface area contributed by atoms with Crippen molar-refractivity contribution in [3.8, 4) is 5.75 Å². The highest BCUT2D eigenvalue weighted by Crippen LogP contribution is 2.23. The van der Waals surface area contributed by atoms with Crippen LogP contribution in [0.1, 0.15) is 55.5 Å². The van der Waals surface area contributed by atoms with Gasteiger partial charge in [0.2, 0.25) is 6.29 Å². The number of allylic oxidation sites excluding steroid dienone is 4. The van der Waals surface area contributed by atoms with E-state index in [0.29, 0.717) is 31.4 Å². The van der Waals surface area contributed by atoms with E-state index in [1.807, 2.05) is 38.1 Å². The quantitative estimate of drug-likeness (QED) is 0.364. The number of carbonyl (C=O) groups is 2. The fourth-order valence-electron chi connectivity index (χ4n) is 2.43. The van der Waals surface area contributed by atoms with E-state index in [9.17, 15) is 9.59 Å². The zero-order valence-electron chi connectivity index (χ0n) is 13.8. The fraction of sp³-hybridized carbons (Fsp3) is 0.350. The number of ketones is 1. The standard InChI is InChI=1S/C20H23O3/c1-15(2)20-13-19(11-9-17(20)14-21)23-12-4-7-18(22)10-8-16-5-3-6-16/h3,5-6,9,11,13-14H,4,7-8,10,12H2,1-2H3/q+1. The van der Waals surface area contributed by atoms with Gasteiger partial charge in [0.25, 0.3) is 0 Å². The lowest BCUT2D eigenvalue weighted by molar-refractivity contribution is -0.119. The normalized spacial score (nSPS) is 12.3. The molecule has 0 spiro atoms. The molecule has 0 amide bonds. The van der Waals surface area contributed by atoms with Crippen molar-refractivity contribution < 1.29 is 14.3 Å². The van der Waals surface area contributed by atoms with Gasteiger partial charge in [-0.15, -0.1) is 0 Å². The summed E-state index contributed by atoms with van der Waals surface area (Å²) in [5.41, 5.74) is 2.84. The zero-order chi connectivity index (χ0) is 16.7. The molecule has 0 aromatic heterocycles. The molecule has 0 N–H and O–H groups in total. The SMILES string of the molecule is C[C+](C)c1cc(OCCCC(=O)CCC2=CC=C2)ccc1C=O. The summed E-state index contributed by atoms with van der Waals surface area (Å²) >= 11 is 0. The van der Waals surface area contributed by atoms with Crippen molar-refractivity contribution in [3.63, 3.8) is 0 Å². The van der Waals surface area contributed by atoms with E-state index in [-0.39, 0.29) is 5.78 Å². The molecule has 0 atom stereocenters. The second-order valence-electron chi connectivity index (χ2n) is 5.96. The molecule has 0 heterocycles. The molecule has 3 heteroatoms. The molecule has 120 valence electrons. The number of aldehydes is 1. The first-order chi connectivity index (χ1) is 11.1. The Balaban J connectivity index is 1.72. The van der Waals surface area contributed by atoms with Gasteiger partial charge in [-0.1, -0.05) is 18.2 Å². The molecule has 3 nitrogen and oxygen atoms in total. The van der Waals surface area contributed by atoms with Crippen LogP contribution in [0.5, 0.6) is 5.75 Å². The first-order valence-electron chi connectivity index (χ1n) is 8.01. The Hall–Kier alpha value is -2.29. The van der Waals surface area contributed by atoms with Gasteiger partial charge >= 0.3 is 0 Å². The topological polar surface area (TPSA) is 43.4 Å². The molecular formula is C20H23O3+. The van der Waals surface area contributed by atoms with Crippen molar-refractivity contribution in [2.45, 2.75) is 39.5 Å². The van der Waals surface area contributed by atoms with Crippen LogP contribution in [-0.2, 0) is 4.79 Å². The zero-order valence-corrected chi connectivity index (χ0v) is 13.8. The van der Waals surface area contributed by atoms with Crippen molar-refractivity contribution >= 4 is 12.1 Å². The van der Waals surface area contributed by atoms with Crippen molar-refractivity contribution in [2.24, 2.45) is 0 Å². The number of hydrogen-bond donors (Lipinski definition) is 0. The summed E-state index contributed by atoms with van der Waals surface area (Å²) in [7, 11) is 0. The number of hydrogen-bond acceptors (Lipinski definition) is 3. The van der Waals surface area contributed by atoms with Gasteiger partial charge in [-0.25, -0.2) is 0 Å². The van der Waals surface area contributed by atoms with E-state index >= 15 is 0 Å². The summed E-state index contributed by atoms with van der Waals surface area (Å²) in [5, 5.41) is 0. The Kier molecular flexibility index (Phi) is 6.21. The maximum absolute atomic E-state index is 11.8. The van der Waals surface area contributed by atoms with Gasteiger partial charge in [0.1, 0.15) is 16.9 Å². The van der Waals surface area contributed by atoms with Crippen LogP contribution in [0.4, 0.5) is 0 Å². The van der Waals surface area contributed by atoms with Crippen molar-refractivity contribution in [1.29, 1.82) is 0 Å². The fourth-order valence-corrected chi connectivity index (χ4v) is 2.43. The lowest BCUT2D eigenvalue weighted by Crippen LogP contribution is -2.05. The van der Waals surface area contributed by atoms with Crippen LogP contribution in [0.3, 0.4) is 0 Å². The van der Waals surface area contributed by atoms with Crippen LogP contribution in [0, 0.1) is 5.92 Å². The van der Waals surface area contributed by atoms with Crippen LogP contribution >= 0.6 is 0 Å². The monoisotopic (exact) mass is 311 g/mol. The second kappa shape index (κ2) is 8.37. The van der Waals surface area contributed by atoms with Gasteiger partial charge < -0.3 is 4.74 Å². The average molecular weight is 311 g/mol. The molecule has 1 aromatic rings. The molecule has 0 saturated heterocycles. The average Bonchev–Trinajstić information content (AvgIpc) is 2.49. The van der Waals surface area contributed by atoms with Gasteiger partial charge in [0, 0.05) is 44.7 Å². The molecule has 1 aliphatic carbocycles. The second-order valence-corrected chi connectivity index (χ2v) is 5.96. The van der Waals surface area contributed by atoms with Crippen LogP contribution in [0.2, 0.25) is 0 Å². The Morgan fingerprint density at radius 1 is 1.26 bits per heavy atom. The third-order valence-corrected chi connectivity index (χ3v) is 3.87. The number of Topliss-reactive ketones (excluding diaryl/α,β-unsaturated/α-hetero) is 1. The highest BCUT2D eigenvalue weighted by Gasteiger charge is 2.17. The van der Waals surface area contributed by atoms with E-state index in [4.69, 9.17) is 4.74 Å². The highest BCUT2D eigenvalue weighted by atomic mass is 16.5. The molecule has 0 fully saturated rings. The van der Waals surface area contributed by atoms with Gasteiger partial charge in [-0.05, 0) is 18.4 Å². The van der Waals surface area contributed by atoms with Crippen LogP contribution in [0.15, 0.2) is 42.0 Å². The Bertz CT molecular complexity index is 624. The molecular weight excluding hydrogens is 288 g/mol. The lowest BCUT2D eigenvalue weighted by Gasteiger charge is -2.07. The molecule has 0 saturated carbocycles. The highest BCUT2D eigenvalue weighted by molar-refractivity contribution is 5.79. The van der Waals surface area contributed by atoms with Gasteiger partial charge in [-0.3, -0.25) is 9.59 Å². The minimum absolute atomic E-state index is 0.282. The molecule has 0 unspecified atom stereocenters. The third kappa shape index (κ3) is 5.13. The van der Waals surface area contributed by atoms with Crippen molar-refractivity contribution in [3.05, 3.63) is 59.0 Å². The molecule has 0 bridgehead atoms. The summed E-state index contributed by atoms with van der Waals surface area (Å²) < 4.78 is 5.70. The van der Waals surface area contributed by atoms with Crippen LogP contribution < -0.4 is 4.74 Å². The number of ether oxygens (including phenoxy) is 1. The first kappa shape index (κ1) is 17.1. The van der Waals surface area contributed by atoms with E-state index < -0.39 is 0 Å².